The van der Waals surface area contributed by atoms with E-state index in [1.54, 1.807) is 0 Å². The molecule has 0 heterocycles. The van der Waals surface area contributed by atoms with E-state index in [0.29, 0.717) is 12.8 Å². The predicted octanol–water partition coefficient (Wildman–Crippen LogP) is 16.7. The molecule has 0 aromatic heterocycles. The first kappa shape index (κ1) is 62.3. The molecule has 4 atom stereocenters. The Morgan fingerprint density at radius 2 is 0.540 bits per heavy atom. The fourth-order valence-electron chi connectivity index (χ4n) is 9.53. The lowest BCUT2D eigenvalue weighted by molar-refractivity contribution is -0.132. The van der Waals surface area contributed by atoms with Gasteiger partial charge in [0.05, 0.1) is 18.8 Å². The van der Waals surface area contributed by atoms with Crippen molar-refractivity contribution in [3.8, 4) is 0 Å². The number of carbonyl (C=O) groups excluding carboxylic acids is 1. The average molecular weight is 895 g/mol. The minimum atomic E-state index is -1.25. The van der Waals surface area contributed by atoms with Gasteiger partial charge in [-0.15, -0.1) is 0 Å². The number of aliphatic hydroxyl groups excluding tert-OH is 4. The van der Waals surface area contributed by atoms with Crippen LogP contribution in [0.2, 0.25) is 0 Å². The van der Waals surface area contributed by atoms with Crippen LogP contribution in [0, 0.1) is 0 Å². The Hall–Kier alpha value is -0.690. The van der Waals surface area contributed by atoms with Gasteiger partial charge in [0.15, 0.2) is 0 Å². The molecule has 0 aliphatic rings. The van der Waals surface area contributed by atoms with Crippen molar-refractivity contribution < 1.29 is 25.2 Å². The Bertz CT molecular complexity index is 871. The molecule has 63 heavy (non-hydrogen) atoms. The summed E-state index contributed by atoms with van der Waals surface area (Å²) in [6.07, 6.45) is 60.3. The van der Waals surface area contributed by atoms with Gasteiger partial charge in [-0.1, -0.05) is 316 Å². The zero-order valence-electron chi connectivity index (χ0n) is 42.9. The van der Waals surface area contributed by atoms with E-state index >= 15 is 0 Å². The largest absolute Gasteiger partial charge is 0.394 e. The molecule has 0 aliphatic heterocycles. The summed E-state index contributed by atoms with van der Waals surface area (Å²) < 4.78 is 0. The lowest BCUT2D eigenvalue weighted by Crippen LogP contribution is -2.53. The fourth-order valence-corrected chi connectivity index (χ4v) is 9.53. The Kier molecular flexibility index (Phi) is 51.7. The van der Waals surface area contributed by atoms with Crippen LogP contribution in [0.15, 0.2) is 0 Å². The SMILES string of the molecule is CCCCCCCCCCCCCCCCCCCCCCCCCCCC(O)C(O)C(CO)NC(=O)C(O)CCCCCCCCCCCCCCCCCCCCCCCC. The normalized spacial score (nSPS) is 13.7. The molecule has 5 N–H and O–H groups in total. The maximum atomic E-state index is 12.6. The molecule has 0 aromatic rings. The zero-order chi connectivity index (χ0) is 45.9. The van der Waals surface area contributed by atoms with Crippen LogP contribution in [0.3, 0.4) is 0 Å². The Morgan fingerprint density at radius 3 is 0.762 bits per heavy atom. The van der Waals surface area contributed by atoms with Gasteiger partial charge in [0.1, 0.15) is 12.2 Å². The van der Waals surface area contributed by atoms with Crippen molar-refractivity contribution >= 4 is 5.91 Å². The number of nitrogens with one attached hydrogen (secondary N) is 1. The average Bonchev–Trinajstić information content (AvgIpc) is 3.29. The minimum Gasteiger partial charge on any atom is -0.394 e. The van der Waals surface area contributed by atoms with Gasteiger partial charge in [0.25, 0.3) is 0 Å². The van der Waals surface area contributed by atoms with Gasteiger partial charge < -0.3 is 25.7 Å². The lowest BCUT2D eigenvalue weighted by atomic mass is 9.99. The molecular formula is C57H115NO5. The summed E-state index contributed by atoms with van der Waals surface area (Å²) >= 11 is 0. The molecule has 1 amide bonds. The highest BCUT2D eigenvalue weighted by Gasteiger charge is 2.28. The van der Waals surface area contributed by atoms with Crippen LogP contribution in [-0.4, -0.2) is 57.3 Å². The molecule has 0 aromatic carbocycles. The molecular weight excluding hydrogens is 779 g/mol. The third-order valence-corrected chi connectivity index (χ3v) is 14.1. The van der Waals surface area contributed by atoms with E-state index in [1.165, 1.54) is 263 Å². The lowest BCUT2D eigenvalue weighted by Gasteiger charge is -2.27. The van der Waals surface area contributed by atoms with Gasteiger partial charge >= 0.3 is 0 Å². The van der Waals surface area contributed by atoms with Gasteiger partial charge in [0, 0.05) is 0 Å². The molecule has 0 bridgehead atoms. The highest BCUT2D eigenvalue weighted by molar-refractivity contribution is 5.80. The number of hydrogen-bond donors (Lipinski definition) is 5. The number of hydrogen-bond acceptors (Lipinski definition) is 5. The Morgan fingerprint density at radius 1 is 0.333 bits per heavy atom. The second-order valence-electron chi connectivity index (χ2n) is 20.4. The maximum Gasteiger partial charge on any atom is 0.249 e. The van der Waals surface area contributed by atoms with Gasteiger partial charge in [-0.05, 0) is 12.8 Å². The van der Waals surface area contributed by atoms with E-state index in [2.05, 4.69) is 19.2 Å². The molecule has 378 valence electrons. The van der Waals surface area contributed by atoms with E-state index in [-0.39, 0.29) is 0 Å². The summed E-state index contributed by atoms with van der Waals surface area (Å²) in [7, 11) is 0. The van der Waals surface area contributed by atoms with E-state index in [1.807, 2.05) is 0 Å². The fraction of sp³-hybridized carbons (Fsp3) is 0.982. The molecule has 0 radical (unpaired) electrons. The van der Waals surface area contributed by atoms with Gasteiger partial charge in [-0.2, -0.15) is 0 Å². The van der Waals surface area contributed by atoms with E-state index in [4.69, 9.17) is 0 Å². The molecule has 0 spiro atoms. The maximum absolute atomic E-state index is 12.6. The van der Waals surface area contributed by atoms with Crippen molar-refractivity contribution in [3.05, 3.63) is 0 Å². The van der Waals surface area contributed by atoms with E-state index in [9.17, 15) is 25.2 Å². The third kappa shape index (κ3) is 46.2. The van der Waals surface area contributed by atoms with E-state index in [0.717, 1.165) is 38.5 Å². The standard InChI is InChI=1S/C57H115NO5/c1-3-5-7-9-11-13-15-17-19-21-23-25-27-28-29-31-32-34-36-38-40-42-44-46-48-50-54(60)56(62)53(52-59)58-57(63)55(61)51-49-47-45-43-41-39-37-35-33-30-26-24-22-20-18-16-14-12-10-8-6-4-2/h53-56,59-62H,3-52H2,1-2H3,(H,58,63). The summed E-state index contributed by atoms with van der Waals surface area (Å²) in [6.45, 7) is 4.10. The van der Waals surface area contributed by atoms with Crippen LogP contribution < -0.4 is 5.32 Å². The molecule has 0 rings (SSSR count). The number of carbonyl (C=O) groups is 1. The second-order valence-corrected chi connectivity index (χ2v) is 20.4. The molecule has 0 fully saturated rings. The second kappa shape index (κ2) is 52.3. The van der Waals surface area contributed by atoms with Crippen molar-refractivity contribution in [2.75, 3.05) is 6.61 Å². The highest BCUT2D eigenvalue weighted by Crippen LogP contribution is 2.19. The van der Waals surface area contributed by atoms with E-state index < -0.39 is 36.9 Å². The van der Waals surface area contributed by atoms with Crippen molar-refractivity contribution in [2.45, 2.75) is 353 Å². The topological polar surface area (TPSA) is 110 Å². The van der Waals surface area contributed by atoms with Gasteiger partial charge in [-0.25, -0.2) is 0 Å². The Balaban J connectivity index is 3.58. The molecule has 0 aliphatic carbocycles. The van der Waals surface area contributed by atoms with Crippen molar-refractivity contribution in [2.24, 2.45) is 0 Å². The van der Waals surface area contributed by atoms with Crippen LogP contribution in [0.5, 0.6) is 0 Å². The first-order valence-electron chi connectivity index (χ1n) is 28.9. The highest BCUT2D eigenvalue weighted by atomic mass is 16.3. The van der Waals surface area contributed by atoms with Crippen LogP contribution in [0.4, 0.5) is 0 Å². The summed E-state index contributed by atoms with van der Waals surface area (Å²) in [5.74, 6) is -0.575. The first-order chi connectivity index (χ1) is 31.0. The smallest absolute Gasteiger partial charge is 0.249 e. The zero-order valence-corrected chi connectivity index (χ0v) is 42.9. The van der Waals surface area contributed by atoms with Gasteiger partial charge in [0.2, 0.25) is 5.91 Å². The molecule has 6 nitrogen and oxygen atoms in total. The molecule has 0 saturated heterocycles. The van der Waals surface area contributed by atoms with Crippen LogP contribution >= 0.6 is 0 Å². The summed E-state index contributed by atoms with van der Waals surface area (Å²) in [5.41, 5.74) is 0. The quantitative estimate of drug-likeness (QED) is 0.0391. The molecule has 6 heteroatoms. The third-order valence-electron chi connectivity index (χ3n) is 14.1. The monoisotopic (exact) mass is 894 g/mol. The van der Waals surface area contributed by atoms with Crippen LogP contribution in [0.25, 0.3) is 0 Å². The van der Waals surface area contributed by atoms with Crippen molar-refractivity contribution in [3.63, 3.8) is 0 Å². The summed E-state index contributed by atoms with van der Waals surface area (Å²) in [5, 5.41) is 44.1. The van der Waals surface area contributed by atoms with Crippen LogP contribution in [-0.2, 0) is 4.79 Å². The number of aliphatic hydroxyl groups is 4. The number of amides is 1. The summed E-state index contributed by atoms with van der Waals surface area (Å²) in [4.78, 5) is 12.6. The predicted molar refractivity (Wildman–Crippen MR) is 275 cm³/mol. The molecule has 4 unspecified atom stereocenters. The Labute approximate surface area is 394 Å². The summed E-state index contributed by atoms with van der Waals surface area (Å²) in [6, 6.07) is -0.981. The molecule has 0 saturated carbocycles. The van der Waals surface area contributed by atoms with Crippen molar-refractivity contribution in [1.29, 1.82) is 0 Å². The number of rotatable bonds is 54. The number of unbranched alkanes of at least 4 members (excludes halogenated alkanes) is 45. The minimum absolute atomic E-state index is 0.376. The van der Waals surface area contributed by atoms with Crippen LogP contribution in [0.1, 0.15) is 328 Å². The van der Waals surface area contributed by atoms with Crippen molar-refractivity contribution in [1.82, 2.24) is 5.32 Å². The first-order valence-corrected chi connectivity index (χ1v) is 28.9. The van der Waals surface area contributed by atoms with Gasteiger partial charge in [-0.3, -0.25) is 4.79 Å².